The molecule has 0 atom stereocenters. The average molecular weight is 195 g/mol. The lowest BCUT2D eigenvalue weighted by atomic mass is 10.4. The normalized spacial score (nSPS) is 12.8. The number of alkyl halides is 2. The Morgan fingerprint density at radius 2 is 2.23 bits per heavy atom. The molecular weight excluding hydrogens is 180 g/mol. The van der Waals surface area contributed by atoms with Crippen molar-refractivity contribution in [3.63, 3.8) is 0 Å². The largest absolute Gasteiger partial charge is 0.409 e. The number of oxime groups is 1. The summed E-state index contributed by atoms with van der Waals surface area (Å²) in [6, 6.07) is 0. The van der Waals surface area contributed by atoms with Crippen molar-refractivity contribution < 1.29 is 14.0 Å². The van der Waals surface area contributed by atoms with Crippen LogP contribution in [0.5, 0.6) is 0 Å². The average Bonchev–Trinajstić information content (AvgIpc) is 2.03. The first-order chi connectivity index (χ1) is 6.10. The van der Waals surface area contributed by atoms with Crippen LogP contribution < -0.4 is 5.73 Å². The molecule has 0 aromatic heterocycles. The maximum absolute atomic E-state index is 12.0. The van der Waals surface area contributed by atoms with E-state index in [4.69, 9.17) is 10.9 Å². The number of nitrogens with two attached hydrogens (primary N) is 1. The van der Waals surface area contributed by atoms with Gasteiger partial charge in [0.25, 0.3) is 6.43 Å². The van der Waals surface area contributed by atoms with E-state index in [1.54, 1.807) is 0 Å². The Labute approximate surface area is 76.0 Å². The number of rotatable bonds is 6. The molecule has 78 valence electrons. The minimum absolute atomic E-state index is 0.0471. The van der Waals surface area contributed by atoms with E-state index in [-0.39, 0.29) is 18.9 Å². The minimum Gasteiger partial charge on any atom is -0.409 e. The van der Waals surface area contributed by atoms with Crippen molar-refractivity contribution in [2.24, 2.45) is 10.9 Å². The minimum atomic E-state index is -2.39. The highest BCUT2D eigenvalue weighted by atomic mass is 19.3. The molecule has 0 bridgehead atoms. The highest BCUT2D eigenvalue weighted by molar-refractivity contribution is 5.81. The highest BCUT2D eigenvalue weighted by Gasteiger charge is 2.12. The van der Waals surface area contributed by atoms with Gasteiger partial charge >= 0.3 is 0 Å². The third kappa shape index (κ3) is 6.27. The molecule has 0 radical (unpaired) electrons. The SMILES string of the molecule is CCCN(CC(N)=NO)CC(F)F. The van der Waals surface area contributed by atoms with Gasteiger partial charge in [-0.1, -0.05) is 12.1 Å². The van der Waals surface area contributed by atoms with E-state index in [0.29, 0.717) is 6.54 Å². The van der Waals surface area contributed by atoms with Gasteiger partial charge in [0.1, 0.15) is 0 Å². The lowest BCUT2D eigenvalue weighted by molar-refractivity contribution is 0.0951. The van der Waals surface area contributed by atoms with Gasteiger partial charge in [-0.15, -0.1) is 0 Å². The van der Waals surface area contributed by atoms with Crippen molar-refractivity contribution in [3.8, 4) is 0 Å². The molecule has 4 nitrogen and oxygen atoms in total. The molecule has 0 unspecified atom stereocenters. The van der Waals surface area contributed by atoms with Crippen molar-refractivity contribution >= 4 is 5.84 Å². The van der Waals surface area contributed by atoms with Crippen molar-refractivity contribution in [1.82, 2.24) is 4.90 Å². The van der Waals surface area contributed by atoms with Gasteiger partial charge in [-0.3, -0.25) is 4.90 Å². The van der Waals surface area contributed by atoms with E-state index >= 15 is 0 Å². The first kappa shape index (κ1) is 12.1. The molecule has 13 heavy (non-hydrogen) atoms. The summed E-state index contributed by atoms with van der Waals surface area (Å²) in [5.41, 5.74) is 5.19. The van der Waals surface area contributed by atoms with Gasteiger partial charge in [-0.25, -0.2) is 8.78 Å². The van der Waals surface area contributed by atoms with E-state index in [9.17, 15) is 8.78 Å². The second-order valence-corrected chi connectivity index (χ2v) is 2.72. The Morgan fingerprint density at radius 1 is 1.62 bits per heavy atom. The first-order valence-corrected chi connectivity index (χ1v) is 4.07. The summed E-state index contributed by atoms with van der Waals surface area (Å²) < 4.78 is 24.0. The lowest BCUT2D eigenvalue weighted by Gasteiger charge is -2.19. The molecule has 0 aliphatic rings. The second-order valence-electron chi connectivity index (χ2n) is 2.72. The number of halogens is 2. The molecule has 0 saturated heterocycles. The fourth-order valence-corrected chi connectivity index (χ4v) is 1.01. The van der Waals surface area contributed by atoms with Crippen LogP contribution in [0.25, 0.3) is 0 Å². The first-order valence-electron chi connectivity index (χ1n) is 4.07. The standard InChI is InChI=1S/C7H15F2N3O/c1-2-3-12(4-6(8)9)5-7(10)11-13/h6,13H,2-5H2,1H3,(H2,10,11). The van der Waals surface area contributed by atoms with Gasteiger partial charge in [0.2, 0.25) is 0 Å². The van der Waals surface area contributed by atoms with Crippen molar-refractivity contribution in [1.29, 1.82) is 0 Å². The Bertz CT molecular complexity index is 164. The van der Waals surface area contributed by atoms with Crippen LogP contribution in [0.1, 0.15) is 13.3 Å². The van der Waals surface area contributed by atoms with Crippen LogP contribution in [0, 0.1) is 0 Å². The van der Waals surface area contributed by atoms with Crippen molar-refractivity contribution in [3.05, 3.63) is 0 Å². The molecule has 0 aromatic rings. The van der Waals surface area contributed by atoms with Crippen molar-refractivity contribution in [2.45, 2.75) is 19.8 Å². The van der Waals surface area contributed by atoms with Crippen LogP contribution in [0.2, 0.25) is 0 Å². The van der Waals surface area contributed by atoms with Crippen LogP contribution in [0.3, 0.4) is 0 Å². The summed E-state index contributed by atoms with van der Waals surface area (Å²) in [7, 11) is 0. The third-order valence-corrected chi connectivity index (χ3v) is 1.45. The van der Waals surface area contributed by atoms with Gasteiger partial charge in [0.05, 0.1) is 13.1 Å². The van der Waals surface area contributed by atoms with E-state index in [1.807, 2.05) is 6.92 Å². The lowest BCUT2D eigenvalue weighted by Crippen LogP contribution is -2.37. The van der Waals surface area contributed by atoms with E-state index in [0.717, 1.165) is 6.42 Å². The van der Waals surface area contributed by atoms with Crippen LogP contribution >= 0.6 is 0 Å². The summed E-state index contributed by atoms with van der Waals surface area (Å²) in [5.74, 6) is -0.0471. The summed E-state index contributed by atoms with van der Waals surface area (Å²) in [5, 5.41) is 11.0. The van der Waals surface area contributed by atoms with E-state index < -0.39 is 6.43 Å². The third-order valence-electron chi connectivity index (χ3n) is 1.45. The molecule has 0 saturated carbocycles. The highest BCUT2D eigenvalue weighted by Crippen LogP contribution is 1.99. The Morgan fingerprint density at radius 3 is 2.62 bits per heavy atom. The van der Waals surface area contributed by atoms with Gasteiger partial charge in [0.15, 0.2) is 5.84 Å². The van der Waals surface area contributed by atoms with Gasteiger partial charge in [-0.2, -0.15) is 0 Å². The molecule has 0 aliphatic heterocycles. The van der Waals surface area contributed by atoms with Gasteiger partial charge < -0.3 is 10.9 Å². The maximum Gasteiger partial charge on any atom is 0.251 e. The molecule has 0 fully saturated rings. The Balaban J connectivity index is 3.93. The smallest absolute Gasteiger partial charge is 0.251 e. The number of hydrogen-bond donors (Lipinski definition) is 2. The van der Waals surface area contributed by atoms with Gasteiger partial charge in [-0.05, 0) is 13.0 Å². The second kappa shape index (κ2) is 6.59. The summed E-state index contributed by atoms with van der Waals surface area (Å²) in [6.07, 6.45) is -1.64. The Hall–Kier alpha value is -0.910. The molecular formula is C7H15F2N3O. The predicted octanol–water partition coefficient (Wildman–Crippen LogP) is 0.710. The summed E-state index contributed by atoms with van der Waals surface area (Å²) in [6.45, 7) is 2.13. The fraction of sp³-hybridized carbons (Fsp3) is 0.857. The topological polar surface area (TPSA) is 61.8 Å². The summed E-state index contributed by atoms with van der Waals surface area (Å²) >= 11 is 0. The van der Waals surface area contributed by atoms with Gasteiger partial charge in [0, 0.05) is 0 Å². The number of amidine groups is 1. The molecule has 0 heterocycles. The van der Waals surface area contributed by atoms with Crippen LogP contribution in [-0.2, 0) is 0 Å². The maximum atomic E-state index is 12.0. The Kier molecular flexibility index (Phi) is 6.13. The zero-order valence-corrected chi connectivity index (χ0v) is 7.58. The van der Waals surface area contributed by atoms with E-state index in [2.05, 4.69) is 5.16 Å². The van der Waals surface area contributed by atoms with Crippen molar-refractivity contribution in [2.75, 3.05) is 19.6 Å². The zero-order chi connectivity index (χ0) is 10.3. The molecule has 3 N–H and O–H groups in total. The summed E-state index contributed by atoms with van der Waals surface area (Å²) in [4.78, 5) is 1.44. The number of hydrogen-bond acceptors (Lipinski definition) is 3. The predicted molar refractivity (Wildman–Crippen MR) is 46.1 cm³/mol. The molecule has 0 rings (SSSR count). The van der Waals surface area contributed by atoms with Crippen LogP contribution in [-0.4, -0.2) is 42.0 Å². The molecule has 0 spiro atoms. The number of nitrogens with zero attached hydrogens (tertiary/aromatic N) is 2. The van der Waals surface area contributed by atoms with E-state index in [1.165, 1.54) is 4.90 Å². The fourth-order valence-electron chi connectivity index (χ4n) is 1.01. The molecule has 0 aliphatic carbocycles. The quantitative estimate of drug-likeness (QED) is 0.284. The monoisotopic (exact) mass is 195 g/mol. The zero-order valence-electron chi connectivity index (χ0n) is 7.58. The molecule has 0 aromatic carbocycles. The molecule has 6 heteroatoms. The van der Waals surface area contributed by atoms with Crippen LogP contribution in [0.15, 0.2) is 5.16 Å². The molecule has 0 amide bonds. The van der Waals surface area contributed by atoms with Crippen LogP contribution in [0.4, 0.5) is 8.78 Å².